The number of nitrogens with zero attached hydrogens (tertiary/aromatic N) is 4. The van der Waals surface area contributed by atoms with Gasteiger partial charge in [-0.05, 0) is 19.4 Å². The molecule has 3 atom stereocenters. The second kappa shape index (κ2) is 7.61. The Balaban J connectivity index is 1.92. The number of nitrogens with one attached hydrogen (secondary N) is 1. The molecule has 0 saturated carbocycles. The fraction of sp³-hybridized carbons (Fsp3) is 0.412. The Hall–Kier alpha value is -2.81. The Morgan fingerprint density at radius 2 is 2.38 bits per heavy atom. The number of anilines is 2. The summed E-state index contributed by atoms with van der Waals surface area (Å²) in [5.74, 6) is -0.882. The van der Waals surface area contributed by atoms with E-state index in [1.807, 2.05) is 13.1 Å². The molecule has 0 radical (unpaired) electrons. The largest absolute Gasteiger partial charge is 0.376 e. The van der Waals surface area contributed by atoms with Crippen molar-refractivity contribution in [2.75, 3.05) is 19.0 Å². The summed E-state index contributed by atoms with van der Waals surface area (Å²) in [5, 5.41) is 7.38. The molecular weight excluding hydrogens is 339 g/mol. The number of aliphatic imine (C=N–C) groups is 1. The first-order valence-corrected chi connectivity index (χ1v) is 8.29. The fourth-order valence-corrected chi connectivity index (χ4v) is 3.07. The SMILES string of the molecule is CN=CC1CC(C)OCC1n1cc(C(N)=O)c(Nc2ccnc(F)c2)n1. The molecule has 0 spiro atoms. The van der Waals surface area contributed by atoms with Gasteiger partial charge in [0.25, 0.3) is 5.91 Å². The van der Waals surface area contributed by atoms with Gasteiger partial charge in [0, 0.05) is 43.3 Å². The van der Waals surface area contributed by atoms with Crippen LogP contribution in [0.5, 0.6) is 0 Å². The fourth-order valence-electron chi connectivity index (χ4n) is 3.07. The van der Waals surface area contributed by atoms with Crippen LogP contribution in [-0.4, -0.2) is 46.6 Å². The average Bonchev–Trinajstić information content (AvgIpc) is 2.99. The van der Waals surface area contributed by atoms with Gasteiger partial charge in [-0.3, -0.25) is 9.48 Å². The zero-order valence-electron chi connectivity index (χ0n) is 14.6. The highest BCUT2D eigenvalue weighted by molar-refractivity contribution is 5.98. The highest BCUT2D eigenvalue weighted by Gasteiger charge is 2.31. The number of amides is 1. The van der Waals surface area contributed by atoms with Crippen molar-refractivity contribution in [3.05, 3.63) is 36.0 Å². The molecule has 0 aliphatic carbocycles. The van der Waals surface area contributed by atoms with Gasteiger partial charge in [0.1, 0.15) is 5.56 Å². The van der Waals surface area contributed by atoms with Crippen LogP contribution in [-0.2, 0) is 4.74 Å². The lowest BCUT2D eigenvalue weighted by Gasteiger charge is -2.32. The molecule has 26 heavy (non-hydrogen) atoms. The van der Waals surface area contributed by atoms with Gasteiger partial charge in [-0.15, -0.1) is 0 Å². The third kappa shape index (κ3) is 3.88. The van der Waals surface area contributed by atoms with Crippen molar-refractivity contribution in [2.24, 2.45) is 16.6 Å². The number of primary amides is 1. The van der Waals surface area contributed by atoms with Crippen LogP contribution in [0.1, 0.15) is 29.7 Å². The summed E-state index contributed by atoms with van der Waals surface area (Å²) in [4.78, 5) is 19.5. The van der Waals surface area contributed by atoms with Gasteiger partial charge in [0.05, 0.1) is 18.8 Å². The summed E-state index contributed by atoms with van der Waals surface area (Å²) in [5.41, 5.74) is 6.12. The van der Waals surface area contributed by atoms with Crippen LogP contribution in [0.3, 0.4) is 0 Å². The average molecular weight is 360 g/mol. The lowest BCUT2D eigenvalue weighted by molar-refractivity contribution is -0.0178. The van der Waals surface area contributed by atoms with Crippen LogP contribution in [0.25, 0.3) is 0 Å². The van der Waals surface area contributed by atoms with Gasteiger partial charge >= 0.3 is 0 Å². The Bertz CT molecular complexity index is 821. The van der Waals surface area contributed by atoms with E-state index in [9.17, 15) is 9.18 Å². The van der Waals surface area contributed by atoms with Crippen LogP contribution in [0.15, 0.2) is 29.5 Å². The van der Waals surface area contributed by atoms with Crippen LogP contribution < -0.4 is 11.1 Å². The molecule has 1 aliphatic heterocycles. The highest BCUT2D eigenvalue weighted by atomic mass is 19.1. The number of hydrogen-bond acceptors (Lipinski definition) is 6. The molecule has 1 aliphatic rings. The Kier molecular flexibility index (Phi) is 5.27. The quantitative estimate of drug-likeness (QED) is 0.626. The molecule has 138 valence electrons. The van der Waals surface area contributed by atoms with E-state index >= 15 is 0 Å². The number of nitrogens with two attached hydrogens (primary N) is 1. The first kappa shape index (κ1) is 18.0. The monoisotopic (exact) mass is 360 g/mol. The second-order valence-electron chi connectivity index (χ2n) is 6.25. The van der Waals surface area contributed by atoms with Gasteiger partial charge in [0.15, 0.2) is 5.82 Å². The van der Waals surface area contributed by atoms with Crippen molar-refractivity contribution in [1.29, 1.82) is 0 Å². The topological polar surface area (TPSA) is 107 Å². The van der Waals surface area contributed by atoms with E-state index in [4.69, 9.17) is 10.5 Å². The van der Waals surface area contributed by atoms with Crippen molar-refractivity contribution in [1.82, 2.24) is 14.8 Å². The summed E-state index contributed by atoms with van der Waals surface area (Å²) in [7, 11) is 1.72. The molecule has 9 heteroatoms. The maximum atomic E-state index is 13.3. The van der Waals surface area contributed by atoms with Crippen molar-refractivity contribution < 1.29 is 13.9 Å². The molecule has 1 saturated heterocycles. The van der Waals surface area contributed by atoms with Crippen molar-refractivity contribution in [3.63, 3.8) is 0 Å². The van der Waals surface area contributed by atoms with Crippen LogP contribution in [0.2, 0.25) is 0 Å². The Labute approximate surface area is 150 Å². The minimum atomic E-state index is -0.635. The van der Waals surface area contributed by atoms with E-state index in [0.29, 0.717) is 12.3 Å². The lowest BCUT2D eigenvalue weighted by Crippen LogP contribution is -2.35. The normalized spacial score (nSPS) is 23.3. The predicted octanol–water partition coefficient (Wildman–Crippen LogP) is 1.93. The molecule has 2 aromatic heterocycles. The Morgan fingerprint density at radius 1 is 1.58 bits per heavy atom. The van der Waals surface area contributed by atoms with Crippen LogP contribution in [0, 0.1) is 11.9 Å². The number of aromatic nitrogens is 3. The van der Waals surface area contributed by atoms with Crippen LogP contribution >= 0.6 is 0 Å². The van der Waals surface area contributed by atoms with E-state index < -0.39 is 11.9 Å². The van der Waals surface area contributed by atoms with Crippen molar-refractivity contribution in [3.8, 4) is 0 Å². The molecule has 3 N–H and O–H groups in total. The molecule has 0 bridgehead atoms. The Morgan fingerprint density at radius 3 is 3.08 bits per heavy atom. The summed E-state index contributed by atoms with van der Waals surface area (Å²) in [6, 6.07) is 2.67. The van der Waals surface area contributed by atoms with Crippen LogP contribution in [0.4, 0.5) is 15.9 Å². The molecule has 3 heterocycles. The maximum Gasteiger partial charge on any atom is 0.254 e. The molecule has 0 aromatic carbocycles. The number of carbonyl (C=O) groups is 1. The first-order chi connectivity index (χ1) is 12.5. The molecule has 2 aromatic rings. The number of halogens is 1. The summed E-state index contributed by atoms with van der Waals surface area (Å²) < 4.78 is 20.7. The third-order valence-electron chi connectivity index (χ3n) is 4.32. The highest BCUT2D eigenvalue weighted by Crippen LogP contribution is 2.30. The van der Waals surface area contributed by atoms with Gasteiger partial charge in [0.2, 0.25) is 5.95 Å². The second-order valence-corrected chi connectivity index (χ2v) is 6.25. The summed E-state index contributed by atoms with van der Waals surface area (Å²) in [6.07, 6.45) is 5.70. The van der Waals surface area contributed by atoms with Crippen molar-refractivity contribution >= 4 is 23.6 Å². The van der Waals surface area contributed by atoms with E-state index in [0.717, 1.165) is 6.42 Å². The molecule has 1 fully saturated rings. The first-order valence-electron chi connectivity index (χ1n) is 8.29. The smallest absolute Gasteiger partial charge is 0.254 e. The van der Waals surface area contributed by atoms with Gasteiger partial charge in [-0.2, -0.15) is 9.49 Å². The maximum absolute atomic E-state index is 13.3. The van der Waals surface area contributed by atoms with Gasteiger partial charge in [-0.1, -0.05) is 0 Å². The van der Waals surface area contributed by atoms with E-state index in [2.05, 4.69) is 20.4 Å². The number of ether oxygens (including phenoxy) is 1. The molecule has 8 nitrogen and oxygen atoms in total. The summed E-state index contributed by atoms with van der Waals surface area (Å²) >= 11 is 0. The number of pyridine rings is 1. The standard InChI is InChI=1S/C17H21FN6O2/c1-10-5-11(7-20-2)14(9-26-10)24-8-13(16(19)25)17(23-24)22-12-3-4-21-15(18)6-12/h3-4,6-8,10-11,14H,5,9H2,1-2H3,(H2,19,25)(H,21,22,23). The minimum absolute atomic E-state index is 0.113. The minimum Gasteiger partial charge on any atom is -0.376 e. The lowest BCUT2D eigenvalue weighted by atomic mass is 9.92. The third-order valence-corrected chi connectivity index (χ3v) is 4.32. The number of carbonyl (C=O) groups excluding carboxylic acids is 1. The molecule has 3 rings (SSSR count). The van der Waals surface area contributed by atoms with Gasteiger partial charge in [-0.25, -0.2) is 4.98 Å². The van der Waals surface area contributed by atoms with E-state index in [-0.39, 0.29) is 29.4 Å². The zero-order chi connectivity index (χ0) is 18.7. The molecule has 1 amide bonds. The van der Waals surface area contributed by atoms with Gasteiger partial charge < -0.3 is 20.8 Å². The predicted molar refractivity (Wildman–Crippen MR) is 95.2 cm³/mol. The zero-order valence-corrected chi connectivity index (χ0v) is 14.6. The molecule has 3 unspecified atom stereocenters. The van der Waals surface area contributed by atoms with E-state index in [1.54, 1.807) is 24.0 Å². The van der Waals surface area contributed by atoms with E-state index in [1.165, 1.54) is 12.3 Å². The number of hydrogen-bond donors (Lipinski definition) is 2. The van der Waals surface area contributed by atoms with Crippen molar-refractivity contribution in [2.45, 2.75) is 25.5 Å². The molecular formula is C17H21FN6O2. The number of rotatable bonds is 5. The summed E-state index contributed by atoms with van der Waals surface area (Å²) in [6.45, 7) is 2.46.